The third-order valence-electron chi connectivity index (χ3n) is 4.21. The van der Waals surface area contributed by atoms with Crippen molar-refractivity contribution in [1.29, 1.82) is 0 Å². The average molecular weight is 306 g/mol. The van der Waals surface area contributed by atoms with Crippen molar-refractivity contribution in [3.8, 4) is 0 Å². The van der Waals surface area contributed by atoms with Gasteiger partial charge in [-0.05, 0) is 25.5 Å². The summed E-state index contributed by atoms with van der Waals surface area (Å²) in [5.41, 5.74) is 3.00. The minimum atomic E-state index is 0.0839. The molecule has 0 aliphatic carbocycles. The van der Waals surface area contributed by atoms with E-state index in [1.54, 1.807) is 0 Å². The molecular weight excluding hydrogens is 284 g/mol. The molecule has 0 bridgehead atoms. The molecule has 0 unspecified atom stereocenters. The van der Waals surface area contributed by atoms with Gasteiger partial charge in [-0.25, -0.2) is 0 Å². The van der Waals surface area contributed by atoms with Crippen LogP contribution in [0.15, 0.2) is 60.8 Å². The molecule has 3 rings (SSSR count). The van der Waals surface area contributed by atoms with Crippen LogP contribution in [0.4, 0.5) is 0 Å². The van der Waals surface area contributed by atoms with Crippen molar-refractivity contribution in [3.05, 3.63) is 71.9 Å². The smallest absolute Gasteiger partial charge is 0.256 e. The van der Waals surface area contributed by atoms with Gasteiger partial charge in [-0.1, -0.05) is 48.5 Å². The standard InChI is InChI=1S/C20H22N2O/c1-15(2)22(13-16-9-5-4-6-10-16)20(23)18-14-21(3)19-12-8-7-11-17(18)19/h4-12,14-15H,13H2,1-3H3. The highest BCUT2D eigenvalue weighted by molar-refractivity contribution is 6.07. The third-order valence-corrected chi connectivity index (χ3v) is 4.21. The van der Waals surface area contributed by atoms with E-state index in [1.807, 2.05) is 65.2 Å². The van der Waals surface area contributed by atoms with E-state index in [4.69, 9.17) is 0 Å². The summed E-state index contributed by atoms with van der Waals surface area (Å²) in [6.45, 7) is 4.75. The Bertz CT molecular complexity index is 818. The number of hydrogen-bond donors (Lipinski definition) is 0. The number of para-hydroxylation sites is 1. The van der Waals surface area contributed by atoms with Crippen molar-refractivity contribution in [2.24, 2.45) is 7.05 Å². The summed E-state index contributed by atoms with van der Waals surface area (Å²) >= 11 is 0. The summed E-state index contributed by atoms with van der Waals surface area (Å²) in [6.07, 6.45) is 1.94. The normalized spacial score (nSPS) is 11.1. The molecule has 0 saturated carbocycles. The Hall–Kier alpha value is -2.55. The zero-order valence-corrected chi connectivity index (χ0v) is 13.9. The highest BCUT2D eigenvalue weighted by atomic mass is 16.2. The molecule has 3 nitrogen and oxygen atoms in total. The average Bonchev–Trinajstić information content (AvgIpc) is 2.90. The molecule has 0 fully saturated rings. The molecule has 1 aromatic heterocycles. The second-order valence-electron chi connectivity index (χ2n) is 6.18. The molecule has 0 spiro atoms. The predicted octanol–water partition coefficient (Wildman–Crippen LogP) is 4.23. The van der Waals surface area contributed by atoms with Crippen LogP contribution in [0, 0.1) is 0 Å². The first-order chi connectivity index (χ1) is 11.1. The van der Waals surface area contributed by atoms with Gasteiger partial charge in [0.1, 0.15) is 0 Å². The van der Waals surface area contributed by atoms with E-state index in [9.17, 15) is 4.79 Å². The number of benzene rings is 2. The van der Waals surface area contributed by atoms with Crippen LogP contribution in [0.25, 0.3) is 10.9 Å². The number of rotatable bonds is 4. The van der Waals surface area contributed by atoms with Crippen molar-refractivity contribution in [2.75, 3.05) is 0 Å². The first-order valence-electron chi connectivity index (χ1n) is 7.97. The Kier molecular flexibility index (Phi) is 4.20. The predicted molar refractivity (Wildman–Crippen MR) is 94.4 cm³/mol. The van der Waals surface area contributed by atoms with Gasteiger partial charge < -0.3 is 9.47 Å². The van der Waals surface area contributed by atoms with Crippen molar-refractivity contribution in [3.63, 3.8) is 0 Å². The van der Waals surface area contributed by atoms with Crippen LogP contribution in [0.3, 0.4) is 0 Å². The van der Waals surface area contributed by atoms with Gasteiger partial charge in [0, 0.05) is 36.7 Å². The first-order valence-corrected chi connectivity index (χ1v) is 7.97. The van der Waals surface area contributed by atoms with E-state index in [2.05, 4.69) is 26.0 Å². The Morgan fingerprint density at radius 3 is 2.39 bits per heavy atom. The van der Waals surface area contributed by atoms with Gasteiger partial charge in [-0.15, -0.1) is 0 Å². The number of fused-ring (bicyclic) bond motifs is 1. The molecule has 3 heteroatoms. The molecule has 0 N–H and O–H groups in total. The maximum atomic E-state index is 13.1. The second-order valence-corrected chi connectivity index (χ2v) is 6.18. The molecule has 1 amide bonds. The van der Waals surface area contributed by atoms with Gasteiger partial charge in [0.25, 0.3) is 5.91 Å². The van der Waals surface area contributed by atoms with Gasteiger partial charge in [0.15, 0.2) is 0 Å². The second kappa shape index (κ2) is 6.29. The SMILES string of the molecule is CC(C)N(Cc1ccccc1)C(=O)c1cn(C)c2ccccc12. The number of carbonyl (C=O) groups is 1. The topological polar surface area (TPSA) is 25.2 Å². The lowest BCUT2D eigenvalue weighted by Crippen LogP contribution is -2.36. The summed E-state index contributed by atoms with van der Waals surface area (Å²) < 4.78 is 2.02. The van der Waals surface area contributed by atoms with Gasteiger partial charge in [-0.2, -0.15) is 0 Å². The Balaban J connectivity index is 1.97. The van der Waals surface area contributed by atoms with Crippen molar-refractivity contribution in [1.82, 2.24) is 9.47 Å². The van der Waals surface area contributed by atoms with E-state index in [0.717, 1.165) is 22.0 Å². The minimum absolute atomic E-state index is 0.0839. The Morgan fingerprint density at radius 1 is 1.04 bits per heavy atom. The Labute approximate surface area is 137 Å². The zero-order valence-electron chi connectivity index (χ0n) is 13.9. The summed E-state index contributed by atoms with van der Waals surface area (Å²) in [6, 6.07) is 18.3. The summed E-state index contributed by atoms with van der Waals surface area (Å²) in [7, 11) is 1.98. The number of nitrogens with zero attached hydrogens (tertiary/aromatic N) is 2. The fourth-order valence-corrected chi connectivity index (χ4v) is 2.94. The van der Waals surface area contributed by atoms with Crippen molar-refractivity contribution in [2.45, 2.75) is 26.4 Å². The summed E-state index contributed by atoms with van der Waals surface area (Å²) in [5.74, 6) is 0.0839. The van der Waals surface area contributed by atoms with Gasteiger partial charge in [0.2, 0.25) is 0 Å². The van der Waals surface area contributed by atoms with Crippen LogP contribution in [0.2, 0.25) is 0 Å². The van der Waals surface area contributed by atoms with E-state index >= 15 is 0 Å². The fourth-order valence-electron chi connectivity index (χ4n) is 2.94. The zero-order chi connectivity index (χ0) is 16.4. The molecule has 23 heavy (non-hydrogen) atoms. The number of hydrogen-bond acceptors (Lipinski definition) is 1. The molecule has 0 atom stereocenters. The molecule has 118 valence electrons. The van der Waals surface area contributed by atoms with E-state index in [1.165, 1.54) is 0 Å². The quantitative estimate of drug-likeness (QED) is 0.708. The van der Waals surface area contributed by atoms with Gasteiger partial charge >= 0.3 is 0 Å². The summed E-state index contributed by atoms with van der Waals surface area (Å²) in [5, 5.41) is 1.01. The van der Waals surface area contributed by atoms with Crippen LogP contribution < -0.4 is 0 Å². The minimum Gasteiger partial charge on any atom is -0.350 e. The lowest BCUT2D eigenvalue weighted by molar-refractivity contribution is 0.0692. The highest BCUT2D eigenvalue weighted by Crippen LogP contribution is 2.23. The molecule has 1 heterocycles. The van der Waals surface area contributed by atoms with Crippen LogP contribution in [-0.4, -0.2) is 21.4 Å². The van der Waals surface area contributed by atoms with E-state index < -0.39 is 0 Å². The third kappa shape index (κ3) is 3.00. The number of amides is 1. The maximum Gasteiger partial charge on any atom is 0.256 e. The van der Waals surface area contributed by atoms with Crippen LogP contribution in [0.5, 0.6) is 0 Å². The van der Waals surface area contributed by atoms with Crippen LogP contribution >= 0.6 is 0 Å². The number of carbonyl (C=O) groups excluding carboxylic acids is 1. The van der Waals surface area contributed by atoms with E-state index in [-0.39, 0.29) is 11.9 Å². The lowest BCUT2D eigenvalue weighted by atomic mass is 10.1. The van der Waals surface area contributed by atoms with Crippen molar-refractivity contribution >= 4 is 16.8 Å². The van der Waals surface area contributed by atoms with Gasteiger partial charge in [0.05, 0.1) is 5.56 Å². The number of aromatic nitrogens is 1. The summed E-state index contributed by atoms with van der Waals surface area (Å²) in [4.78, 5) is 15.1. The molecule has 0 radical (unpaired) electrons. The molecular formula is C20H22N2O. The largest absolute Gasteiger partial charge is 0.350 e. The van der Waals surface area contributed by atoms with Gasteiger partial charge in [-0.3, -0.25) is 4.79 Å². The molecule has 0 saturated heterocycles. The first kappa shape index (κ1) is 15.3. The molecule has 0 aliphatic rings. The molecule has 0 aliphatic heterocycles. The highest BCUT2D eigenvalue weighted by Gasteiger charge is 2.22. The molecule has 3 aromatic rings. The monoisotopic (exact) mass is 306 g/mol. The fraction of sp³-hybridized carbons (Fsp3) is 0.250. The lowest BCUT2D eigenvalue weighted by Gasteiger charge is -2.26. The molecule has 2 aromatic carbocycles. The Morgan fingerprint density at radius 2 is 1.70 bits per heavy atom. The maximum absolute atomic E-state index is 13.1. The van der Waals surface area contributed by atoms with Crippen molar-refractivity contribution < 1.29 is 4.79 Å². The van der Waals surface area contributed by atoms with Crippen LogP contribution in [0.1, 0.15) is 29.8 Å². The van der Waals surface area contributed by atoms with E-state index in [0.29, 0.717) is 6.54 Å². The van der Waals surface area contributed by atoms with Crippen LogP contribution in [-0.2, 0) is 13.6 Å². The number of aryl methyl sites for hydroxylation is 1.